The van der Waals surface area contributed by atoms with Crippen LogP contribution in [-0.2, 0) is 0 Å². The Morgan fingerprint density at radius 3 is 2.60 bits per heavy atom. The number of nitrogens with one attached hydrogen (secondary N) is 2. The van der Waals surface area contributed by atoms with Gasteiger partial charge in [-0.05, 0) is 24.8 Å². The molecule has 0 spiro atoms. The molecule has 0 saturated heterocycles. The van der Waals surface area contributed by atoms with Crippen LogP contribution in [-0.4, -0.2) is 40.3 Å². The molecular formula is C13H18N2O4S. The summed E-state index contributed by atoms with van der Waals surface area (Å²) in [6.45, 7) is 1.98. The SMILES string of the molecule is CCC(CSC)NC(=O)Nc1ccc(C(=O)O)c(O)c1. The van der Waals surface area contributed by atoms with E-state index >= 15 is 0 Å². The second kappa shape index (κ2) is 7.64. The first-order valence-corrected chi connectivity index (χ1v) is 7.50. The van der Waals surface area contributed by atoms with E-state index in [1.165, 1.54) is 18.2 Å². The number of carboxylic acids is 1. The molecule has 0 aromatic heterocycles. The van der Waals surface area contributed by atoms with Crippen LogP contribution in [0.5, 0.6) is 5.75 Å². The van der Waals surface area contributed by atoms with E-state index in [-0.39, 0.29) is 23.4 Å². The Kier molecular flexibility index (Phi) is 6.17. The maximum atomic E-state index is 11.8. The number of amides is 2. The fourth-order valence-electron chi connectivity index (χ4n) is 1.61. The van der Waals surface area contributed by atoms with E-state index < -0.39 is 5.97 Å². The Labute approximate surface area is 121 Å². The Morgan fingerprint density at radius 2 is 2.10 bits per heavy atom. The third kappa shape index (κ3) is 4.65. The van der Waals surface area contributed by atoms with Crippen LogP contribution in [0.15, 0.2) is 18.2 Å². The molecule has 0 bridgehead atoms. The van der Waals surface area contributed by atoms with Crippen molar-refractivity contribution in [3.63, 3.8) is 0 Å². The lowest BCUT2D eigenvalue weighted by molar-refractivity contribution is 0.0694. The quantitative estimate of drug-likeness (QED) is 0.646. The minimum Gasteiger partial charge on any atom is -0.507 e. The smallest absolute Gasteiger partial charge is 0.339 e. The molecular weight excluding hydrogens is 280 g/mol. The fourth-order valence-corrected chi connectivity index (χ4v) is 2.33. The molecule has 110 valence electrons. The maximum absolute atomic E-state index is 11.8. The molecule has 0 aliphatic rings. The zero-order chi connectivity index (χ0) is 15.1. The van der Waals surface area contributed by atoms with Crippen molar-refractivity contribution in [2.45, 2.75) is 19.4 Å². The number of anilines is 1. The molecule has 0 heterocycles. The van der Waals surface area contributed by atoms with Crippen LogP contribution in [0.1, 0.15) is 23.7 Å². The van der Waals surface area contributed by atoms with Crippen molar-refractivity contribution >= 4 is 29.4 Å². The summed E-state index contributed by atoms with van der Waals surface area (Å²) in [4.78, 5) is 22.5. The topological polar surface area (TPSA) is 98.7 Å². The number of aromatic carboxylic acids is 1. The van der Waals surface area contributed by atoms with Gasteiger partial charge >= 0.3 is 12.0 Å². The van der Waals surface area contributed by atoms with E-state index in [9.17, 15) is 14.7 Å². The number of thioether (sulfide) groups is 1. The number of hydrogen-bond donors (Lipinski definition) is 4. The number of carbonyl (C=O) groups excluding carboxylic acids is 1. The molecule has 1 atom stereocenters. The zero-order valence-electron chi connectivity index (χ0n) is 11.3. The van der Waals surface area contributed by atoms with Gasteiger partial charge in [0.2, 0.25) is 0 Å². The summed E-state index contributed by atoms with van der Waals surface area (Å²) in [5.74, 6) is -0.788. The normalized spacial score (nSPS) is 11.7. The second-order valence-corrected chi connectivity index (χ2v) is 5.11. The molecule has 1 unspecified atom stereocenters. The van der Waals surface area contributed by atoms with Crippen molar-refractivity contribution in [2.24, 2.45) is 0 Å². The molecule has 20 heavy (non-hydrogen) atoms. The van der Waals surface area contributed by atoms with Crippen molar-refractivity contribution in [1.82, 2.24) is 5.32 Å². The number of phenols is 1. The molecule has 1 aromatic rings. The van der Waals surface area contributed by atoms with Gasteiger partial charge in [0.05, 0.1) is 0 Å². The van der Waals surface area contributed by atoms with Gasteiger partial charge in [0.25, 0.3) is 0 Å². The second-order valence-electron chi connectivity index (χ2n) is 4.20. The number of carboxylic acid groups (broad SMARTS) is 1. The fraction of sp³-hybridized carbons (Fsp3) is 0.385. The molecule has 2 amide bonds. The molecule has 4 N–H and O–H groups in total. The van der Waals surface area contributed by atoms with Gasteiger partial charge in [-0.25, -0.2) is 9.59 Å². The number of rotatable bonds is 6. The average Bonchev–Trinajstić information content (AvgIpc) is 2.37. The first kappa shape index (κ1) is 16.2. The predicted octanol–water partition coefficient (Wildman–Crippen LogP) is 2.35. The summed E-state index contributed by atoms with van der Waals surface area (Å²) < 4.78 is 0. The highest BCUT2D eigenvalue weighted by Crippen LogP contribution is 2.21. The van der Waals surface area contributed by atoms with Gasteiger partial charge in [0.15, 0.2) is 0 Å². The third-order valence-electron chi connectivity index (χ3n) is 2.68. The highest BCUT2D eigenvalue weighted by molar-refractivity contribution is 7.98. The third-order valence-corrected chi connectivity index (χ3v) is 3.42. The van der Waals surface area contributed by atoms with Crippen LogP contribution < -0.4 is 10.6 Å². The molecule has 0 aliphatic carbocycles. The summed E-state index contributed by atoms with van der Waals surface area (Å²) in [6, 6.07) is 3.56. The van der Waals surface area contributed by atoms with E-state index in [0.29, 0.717) is 5.69 Å². The number of benzene rings is 1. The first-order chi connectivity index (χ1) is 9.47. The Balaban J connectivity index is 2.66. The molecule has 7 heteroatoms. The maximum Gasteiger partial charge on any atom is 0.339 e. The van der Waals surface area contributed by atoms with E-state index in [2.05, 4.69) is 10.6 Å². The number of urea groups is 1. The predicted molar refractivity (Wildman–Crippen MR) is 79.7 cm³/mol. The first-order valence-electron chi connectivity index (χ1n) is 6.10. The molecule has 0 radical (unpaired) electrons. The molecule has 0 aliphatic heterocycles. The van der Waals surface area contributed by atoms with Crippen molar-refractivity contribution in [2.75, 3.05) is 17.3 Å². The molecule has 0 fully saturated rings. The van der Waals surface area contributed by atoms with Crippen molar-refractivity contribution < 1.29 is 19.8 Å². The average molecular weight is 298 g/mol. The number of aromatic hydroxyl groups is 1. The molecule has 1 aromatic carbocycles. The Morgan fingerprint density at radius 1 is 1.40 bits per heavy atom. The van der Waals surface area contributed by atoms with Crippen LogP contribution in [0.25, 0.3) is 0 Å². The van der Waals surface area contributed by atoms with Crippen molar-refractivity contribution in [3.05, 3.63) is 23.8 Å². The van der Waals surface area contributed by atoms with Crippen molar-refractivity contribution in [3.8, 4) is 5.75 Å². The Hall–Kier alpha value is -1.89. The lowest BCUT2D eigenvalue weighted by Crippen LogP contribution is -2.39. The van der Waals surface area contributed by atoms with E-state index in [1.807, 2.05) is 13.2 Å². The Bertz CT molecular complexity index is 493. The largest absolute Gasteiger partial charge is 0.507 e. The lowest BCUT2D eigenvalue weighted by atomic mass is 10.2. The van der Waals surface area contributed by atoms with Gasteiger partial charge in [-0.1, -0.05) is 6.92 Å². The molecule has 0 saturated carbocycles. The van der Waals surface area contributed by atoms with Gasteiger partial charge < -0.3 is 20.8 Å². The van der Waals surface area contributed by atoms with Crippen LogP contribution >= 0.6 is 11.8 Å². The van der Waals surface area contributed by atoms with Crippen molar-refractivity contribution in [1.29, 1.82) is 0 Å². The minimum atomic E-state index is -1.22. The van der Waals surface area contributed by atoms with E-state index in [4.69, 9.17) is 5.11 Å². The van der Waals surface area contributed by atoms with Crippen LogP contribution in [0.3, 0.4) is 0 Å². The van der Waals surface area contributed by atoms with Gasteiger partial charge in [-0.2, -0.15) is 11.8 Å². The van der Waals surface area contributed by atoms with E-state index in [0.717, 1.165) is 12.2 Å². The number of hydrogen-bond acceptors (Lipinski definition) is 4. The van der Waals surface area contributed by atoms with Crippen LogP contribution in [0, 0.1) is 0 Å². The van der Waals surface area contributed by atoms with Gasteiger partial charge in [-0.15, -0.1) is 0 Å². The highest BCUT2D eigenvalue weighted by Gasteiger charge is 2.12. The monoisotopic (exact) mass is 298 g/mol. The summed E-state index contributed by atoms with van der Waals surface area (Å²) in [5.41, 5.74) is 0.133. The summed E-state index contributed by atoms with van der Waals surface area (Å²) in [6.07, 6.45) is 2.78. The summed E-state index contributed by atoms with van der Waals surface area (Å²) >= 11 is 1.64. The molecule has 6 nitrogen and oxygen atoms in total. The van der Waals surface area contributed by atoms with Crippen LogP contribution in [0.4, 0.5) is 10.5 Å². The van der Waals surface area contributed by atoms with Gasteiger partial charge in [0.1, 0.15) is 11.3 Å². The lowest BCUT2D eigenvalue weighted by Gasteiger charge is -2.16. The standard InChI is InChI=1S/C13H18N2O4S/c1-3-8(7-20-2)14-13(19)15-9-4-5-10(12(17)18)11(16)6-9/h4-6,8,16H,3,7H2,1-2H3,(H,17,18)(H2,14,15,19). The van der Waals surface area contributed by atoms with E-state index in [1.54, 1.807) is 11.8 Å². The van der Waals surface area contributed by atoms with Crippen LogP contribution in [0.2, 0.25) is 0 Å². The molecule has 1 rings (SSSR count). The zero-order valence-corrected chi connectivity index (χ0v) is 12.2. The number of carbonyl (C=O) groups is 2. The van der Waals surface area contributed by atoms with Gasteiger partial charge in [-0.3, -0.25) is 0 Å². The highest BCUT2D eigenvalue weighted by atomic mass is 32.2. The minimum absolute atomic E-state index is 0.0666. The van der Waals surface area contributed by atoms with Gasteiger partial charge in [0, 0.05) is 23.5 Å². The summed E-state index contributed by atoms with van der Waals surface area (Å²) in [7, 11) is 0. The summed E-state index contributed by atoms with van der Waals surface area (Å²) in [5, 5.41) is 23.7.